The van der Waals surface area contributed by atoms with Gasteiger partial charge in [0.15, 0.2) is 5.15 Å². The smallest absolute Gasteiger partial charge is 0.155 e. The van der Waals surface area contributed by atoms with Gasteiger partial charge < -0.3 is 10.4 Å². The van der Waals surface area contributed by atoms with E-state index in [-0.39, 0.29) is 5.75 Å². The first-order valence-corrected chi connectivity index (χ1v) is 6.20. The van der Waals surface area contributed by atoms with Gasteiger partial charge in [0.2, 0.25) is 0 Å². The van der Waals surface area contributed by atoms with Gasteiger partial charge in [-0.2, -0.15) is 0 Å². The van der Waals surface area contributed by atoms with Crippen LogP contribution >= 0.6 is 11.6 Å². The molecule has 2 aromatic rings. The van der Waals surface area contributed by atoms with E-state index in [9.17, 15) is 5.11 Å². The minimum atomic E-state index is 0.233. The number of imidazole rings is 1. The largest absolute Gasteiger partial charge is 0.506 e. The third kappa shape index (κ3) is 1.87. The predicted octanol–water partition coefficient (Wildman–Crippen LogP) is 2.16. The van der Waals surface area contributed by atoms with Crippen molar-refractivity contribution in [2.24, 2.45) is 0 Å². The average molecular weight is 252 g/mol. The Balaban J connectivity index is 2.11. The van der Waals surface area contributed by atoms with Crippen LogP contribution in [-0.4, -0.2) is 27.6 Å². The third-order valence-corrected chi connectivity index (χ3v) is 3.54. The highest BCUT2D eigenvalue weighted by atomic mass is 35.5. The van der Waals surface area contributed by atoms with Crippen LogP contribution in [0, 0.1) is 0 Å². The maximum atomic E-state index is 9.56. The van der Waals surface area contributed by atoms with Crippen molar-refractivity contribution in [1.29, 1.82) is 0 Å². The maximum absolute atomic E-state index is 9.56. The maximum Gasteiger partial charge on any atom is 0.155 e. The highest BCUT2D eigenvalue weighted by molar-refractivity contribution is 6.32. The Bertz CT molecular complexity index is 546. The summed E-state index contributed by atoms with van der Waals surface area (Å²) in [6, 6.07) is 3.43. The van der Waals surface area contributed by atoms with Gasteiger partial charge in [0.05, 0.1) is 11.7 Å². The van der Waals surface area contributed by atoms with Gasteiger partial charge in [-0.05, 0) is 31.5 Å². The van der Waals surface area contributed by atoms with E-state index in [0.29, 0.717) is 11.1 Å². The Morgan fingerprint density at radius 3 is 3.12 bits per heavy atom. The number of nitrogens with zero attached hydrogens (tertiary/aromatic N) is 2. The second-order valence-electron chi connectivity index (χ2n) is 4.45. The van der Waals surface area contributed by atoms with Crippen LogP contribution in [-0.2, 0) is 0 Å². The van der Waals surface area contributed by atoms with Crippen molar-refractivity contribution in [1.82, 2.24) is 14.7 Å². The molecule has 1 saturated heterocycles. The molecule has 0 aliphatic carbocycles. The number of aromatic nitrogens is 2. The zero-order chi connectivity index (χ0) is 11.8. The normalized spacial score (nSPS) is 20.9. The number of hydrogen-bond acceptors (Lipinski definition) is 3. The van der Waals surface area contributed by atoms with Gasteiger partial charge in [-0.3, -0.25) is 4.40 Å². The summed E-state index contributed by atoms with van der Waals surface area (Å²) in [5, 5.41) is 13.4. The first kappa shape index (κ1) is 10.9. The minimum Gasteiger partial charge on any atom is -0.506 e. The second kappa shape index (κ2) is 4.20. The van der Waals surface area contributed by atoms with E-state index in [0.717, 1.165) is 37.3 Å². The van der Waals surface area contributed by atoms with Crippen LogP contribution in [0.5, 0.6) is 5.75 Å². The van der Waals surface area contributed by atoms with Crippen LogP contribution in [0.1, 0.15) is 24.6 Å². The Morgan fingerprint density at radius 2 is 2.35 bits per heavy atom. The molecule has 4 nitrogen and oxygen atoms in total. The molecule has 17 heavy (non-hydrogen) atoms. The fraction of sp³-hybridized carbons (Fsp3) is 0.417. The van der Waals surface area contributed by atoms with Crippen molar-refractivity contribution in [3.63, 3.8) is 0 Å². The van der Waals surface area contributed by atoms with Crippen LogP contribution in [0.2, 0.25) is 5.15 Å². The SMILES string of the molecule is Oc1ccc2c(Cl)nc(C3CCCNC3)n2c1. The number of aromatic hydroxyl groups is 1. The van der Waals surface area contributed by atoms with Crippen molar-refractivity contribution in [3.8, 4) is 5.75 Å². The zero-order valence-electron chi connectivity index (χ0n) is 9.36. The molecular weight excluding hydrogens is 238 g/mol. The Labute approximate surface area is 104 Å². The van der Waals surface area contributed by atoms with Crippen LogP contribution in [0.25, 0.3) is 5.52 Å². The fourth-order valence-electron chi connectivity index (χ4n) is 2.42. The van der Waals surface area contributed by atoms with Crippen molar-refractivity contribution >= 4 is 17.1 Å². The summed E-state index contributed by atoms with van der Waals surface area (Å²) >= 11 is 6.12. The topological polar surface area (TPSA) is 49.6 Å². The van der Waals surface area contributed by atoms with Crippen LogP contribution < -0.4 is 5.32 Å². The number of piperidine rings is 1. The number of halogens is 1. The van der Waals surface area contributed by atoms with E-state index in [1.807, 2.05) is 4.40 Å². The van der Waals surface area contributed by atoms with Gasteiger partial charge in [0.25, 0.3) is 0 Å². The lowest BCUT2D eigenvalue weighted by atomic mass is 9.99. The van der Waals surface area contributed by atoms with E-state index in [1.165, 1.54) is 0 Å². The van der Waals surface area contributed by atoms with Crippen molar-refractivity contribution in [2.45, 2.75) is 18.8 Å². The zero-order valence-corrected chi connectivity index (χ0v) is 10.1. The molecule has 1 atom stereocenters. The van der Waals surface area contributed by atoms with Crippen molar-refractivity contribution in [3.05, 3.63) is 29.3 Å². The Kier molecular flexibility index (Phi) is 2.68. The first-order chi connectivity index (χ1) is 8.25. The lowest BCUT2D eigenvalue weighted by Gasteiger charge is -2.21. The Hall–Kier alpha value is -1.26. The molecule has 1 unspecified atom stereocenters. The van der Waals surface area contributed by atoms with E-state index >= 15 is 0 Å². The molecule has 90 valence electrons. The van der Waals surface area contributed by atoms with E-state index in [1.54, 1.807) is 18.3 Å². The van der Waals surface area contributed by atoms with Gasteiger partial charge in [0, 0.05) is 12.5 Å². The fourth-order valence-corrected chi connectivity index (χ4v) is 2.66. The lowest BCUT2D eigenvalue weighted by Crippen LogP contribution is -2.29. The summed E-state index contributed by atoms with van der Waals surface area (Å²) < 4.78 is 1.90. The highest BCUT2D eigenvalue weighted by Crippen LogP contribution is 2.28. The van der Waals surface area contributed by atoms with Gasteiger partial charge in [-0.25, -0.2) is 4.98 Å². The average Bonchev–Trinajstić information content (AvgIpc) is 2.67. The van der Waals surface area contributed by atoms with E-state index < -0.39 is 0 Å². The van der Waals surface area contributed by atoms with Crippen molar-refractivity contribution < 1.29 is 5.11 Å². The van der Waals surface area contributed by atoms with Gasteiger partial charge in [-0.15, -0.1) is 0 Å². The quantitative estimate of drug-likeness (QED) is 0.817. The van der Waals surface area contributed by atoms with Crippen LogP contribution in [0.15, 0.2) is 18.3 Å². The van der Waals surface area contributed by atoms with E-state index in [2.05, 4.69) is 10.3 Å². The Morgan fingerprint density at radius 1 is 1.47 bits per heavy atom. The summed E-state index contributed by atoms with van der Waals surface area (Å²) in [5.74, 6) is 1.54. The van der Waals surface area contributed by atoms with Gasteiger partial charge in [-0.1, -0.05) is 11.6 Å². The molecular formula is C12H14ClN3O. The molecule has 0 spiro atoms. The molecule has 1 aliphatic heterocycles. The first-order valence-electron chi connectivity index (χ1n) is 5.83. The summed E-state index contributed by atoms with van der Waals surface area (Å²) in [6.07, 6.45) is 3.94. The standard InChI is InChI=1S/C12H14ClN3O/c13-11-10-4-3-9(17)7-16(10)12(15-11)8-2-1-5-14-6-8/h3-4,7-8,14,17H,1-2,5-6H2. The summed E-state index contributed by atoms with van der Waals surface area (Å²) in [6.45, 7) is 1.99. The molecule has 0 radical (unpaired) electrons. The molecule has 0 bridgehead atoms. The number of nitrogens with one attached hydrogen (secondary N) is 1. The molecule has 0 amide bonds. The van der Waals surface area contributed by atoms with Crippen LogP contribution in [0.3, 0.4) is 0 Å². The predicted molar refractivity (Wildman–Crippen MR) is 66.7 cm³/mol. The van der Waals surface area contributed by atoms with E-state index in [4.69, 9.17) is 11.6 Å². The molecule has 1 aliphatic rings. The molecule has 2 N–H and O–H groups in total. The summed E-state index contributed by atoms with van der Waals surface area (Å²) in [7, 11) is 0. The molecule has 0 aromatic carbocycles. The number of hydrogen-bond donors (Lipinski definition) is 2. The second-order valence-corrected chi connectivity index (χ2v) is 4.80. The summed E-state index contributed by atoms with van der Waals surface area (Å²) in [4.78, 5) is 4.43. The minimum absolute atomic E-state index is 0.233. The molecule has 1 fully saturated rings. The highest BCUT2D eigenvalue weighted by Gasteiger charge is 2.21. The molecule has 5 heteroatoms. The molecule has 3 heterocycles. The van der Waals surface area contributed by atoms with Gasteiger partial charge >= 0.3 is 0 Å². The molecule has 3 rings (SSSR count). The van der Waals surface area contributed by atoms with Crippen molar-refractivity contribution in [2.75, 3.05) is 13.1 Å². The number of fused-ring (bicyclic) bond motifs is 1. The number of rotatable bonds is 1. The van der Waals surface area contributed by atoms with Gasteiger partial charge in [0.1, 0.15) is 11.6 Å². The monoisotopic (exact) mass is 251 g/mol. The lowest BCUT2D eigenvalue weighted by molar-refractivity contribution is 0.442. The van der Waals surface area contributed by atoms with Crippen LogP contribution in [0.4, 0.5) is 0 Å². The summed E-state index contributed by atoms with van der Waals surface area (Å²) in [5.41, 5.74) is 0.852. The molecule has 2 aromatic heterocycles. The molecule has 0 saturated carbocycles. The third-order valence-electron chi connectivity index (χ3n) is 3.27. The number of pyridine rings is 1.